The fourth-order valence-corrected chi connectivity index (χ4v) is 5.47. The number of hydrogen-bond acceptors (Lipinski definition) is 6. The van der Waals surface area contributed by atoms with Crippen LogP contribution in [0.5, 0.6) is 0 Å². The van der Waals surface area contributed by atoms with Crippen LogP contribution in [0.25, 0.3) is 0 Å². The minimum atomic E-state index is -3.88. The van der Waals surface area contributed by atoms with E-state index in [0.717, 1.165) is 12.1 Å². The molecule has 0 radical (unpaired) electrons. The predicted molar refractivity (Wildman–Crippen MR) is 107 cm³/mol. The Morgan fingerprint density at radius 3 is 2.43 bits per heavy atom. The van der Waals surface area contributed by atoms with E-state index in [-0.39, 0.29) is 40.8 Å². The molecule has 0 spiro atoms. The maximum Gasteiger partial charge on any atom is 0.248 e. The Labute approximate surface area is 173 Å². The second-order valence-electron chi connectivity index (χ2n) is 7.53. The van der Waals surface area contributed by atoms with Gasteiger partial charge in [-0.2, -0.15) is 4.31 Å². The van der Waals surface area contributed by atoms with E-state index in [1.165, 1.54) is 37.1 Å². The lowest BCUT2D eigenvalue weighted by Crippen LogP contribution is -2.43. The van der Waals surface area contributed by atoms with Crippen LogP contribution in [0.2, 0.25) is 0 Å². The highest BCUT2D eigenvalue weighted by Crippen LogP contribution is 2.29. The van der Waals surface area contributed by atoms with E-state index in [1.54, 1.807) is 0 Å². The van der Waals surface area contributed by atoms with Gasteiger partial charge in [-0.25, -0.2) is 17.2 Å². The molecule has 1 aromatic carbocycles. The smallest absolute Gasteiger partial charge is 0.248 e. The molecule has 1 atom stereocenters. The first-order chi connectivity index (χ1) is 14.0. The molecule has 30 heavy (non-hydrogen) atoms. The molecule has 164 valence electrons. The van der Waals surface area contributed by atoms with E-state index in [1.807, 2.05) is 0 Å². The minimum absolute atomic E-state index is 0.00646. The molecule has 2 heterocycles. The van der Waals surface area contributed by atoms with Gasteiger partial charge in [-0.15, -0.1) is 0 Å². The van der Waals surface area contributed by atoms with Gasteiger partial charge in [0.15, 0.2) is 17.4 Å². The average Bonchev–Trinajstić information content (AvgIpc) is 3.00. The quantitative estimate of drug-likeness (QED) is 0.765. The number of nitrogens with one attached hydrogen (secondary N) is 1. The van der Waals surface area contributed by atoms with Crippen molar-refractivity contribution in [1.82, 2.24) is 9.46 Å². The second-order valence-corrected chi connectivity index (χ2v) is 9.40. The van der Waals surface area contributed by atoms with Crippen molar-refractivity contribution in [2.75, 3.05) is 37.4 Å². The summed E-state index contributed by atoms with van der Waals surface area (Å²) in [5.41, 5.74) is 0.0275. The van der Waals surface area contributed by atoms with Gasteiger partial charge in [-0.3, -0.25) is 4.79 Å². The number of anilines is 2. The number of piperidine rings is 1. The summed E-state index contributed by atoms with van der Waals surface area (Å²) in [7, 11) is -0.857. The Hall–Kier alpha value is -2.53. The van der Waals surface area contributed by atoms with Gasteiger partial charge in [0.1, 0.15) is 16.3 Å². The number of nitrogens with zero attached hydrogens (tertiary/aromatic N) is 3. The summed E-state index contributed by atoms with van der Waals surface area (Å²) >= 11 is 0. The first-order valence-corrected chi connectivity index (χ1v) is 10.9. The van der Waals surface area contributed by atoms with Crippen molar-refractivity contribution in [3.63, 3.8) is 0 Å². The van der Waals surface area contributed by atoms with Crippen LogP contribution in [0, 0.1) is 31.4 Å². The fourth-order valence-electron chi connectivity index (χ4n) is 3.66. The van der Waals surface area contributed by atoms with Gasteiger partial charge in [0.05, 0.1) is 5.92 Å². The number of amides is 1. The molecule has 1 aromatic heterocycles. The minimum Gasteiger partial charge on any atom is -0.373 e. The largest absolute Gasteiger partial charge is 0.373 e. The predicted octanol–water partition coefficient (Wildman–Crippen LogP) is 2.68. The Morgan fingerprint density at radius 1 is 1.27 bits per heavy atom. The molecular formula is C19H24F2N4O4S. The molecule has 0 bridgehead atoms. The van der Waals surface area contributed by atoms with Crippen LogP contribution in [-0.2, 0) is 14.8 Å². The number of carbonyl (C=O) groups is 1. The molecule has 0 saturated carbocycles. The first kappa shape index (κ1) is 22.2. The van der Waals surface area contributed by atoms with Gasteiger partial charge in [-0.1, -0.05) is 5.16 Å². The summed E-state index contributed by atoms with van der Waals surface area (Å²) in [4.78, 5) is 14.0. The van der Waals surface area contributed by atoms with E-state index in [9.17, 15) is 22.0 Å². The number of aryl methyl sites for hydroxylation is 2. The summed E-state index contributed by atoms with van der Waals surface area (Å²) in [5.74, 6) is -2.58. The zero-order valence-electron chi connectivity index (χ0n) is 17.2. The lowest BCUT2D eigenvalue weighted by Gasteiger charge is -2.31. The van der Waals surface area contributed by atoms with Crippen LogP contribution >= 0.6 is 0 Å². The topological polar surface area (TPSA) is 95.8 Å². The molecule has 2 aromatic rings. The summed E-state index contributed by atoms with van der Waals surface area (Å²) in [6.07, 6.45) is 0.934. The zero-order chi connectivity index (χ0) is 22.2. The van der Waals surface area contributed by atoms with E-state index in [4.69, 9.17) is 4.52 Å². The van der Waals surface area contributed by atoms with Crippen molar-refractivity contribution in [3.8, 4) is 0 Å². The lowest BCUT2D eigenvalue weighted by atomic mass is 9.98. The monoisotopic (exact) mass is 442 g/mol. The molecule has 0 aliphatic carbocycles. The van der Waals surface area contributed by atoms with Gasteiger partial charge in [0.25, 0.3) is 0 Å². The normalized spacial score (nSPS) is 17.7. The average molecular weight is 442 g/mol. The molecule has 1 amide bonds. The molecule has 1 aliphatic heterocycles. The van der Waals surface area contributed by atoms with Crippen LogP contribution in [0.4, 0.5) is 20.2 Å². The molecule has 1 N–H and O–H groups in total. The van der Waals surface area contributed by atoms with Crippen molar-refractivity contribution < 1.29 is 26.5 Å². The summed E-state index contributed by atoms with van der Waals surface area (Å²) in [6, 6.07) is 2.08. The Kier molecular flexibility index (Phi) is 6.14. The van der Waals surface area contributed by atoms with E-state index < -0.39 is 33.5 Å². The molecule has 1 fully saturated rings. The van der Waals surface area contributed by atoms with Gasteiger partial charge in [0, 0.05) is 32.9 Å². The molecular weight excluding hydrogens is 418 g/mol. The highest BCUT2D eigenvalue weighted by Gasteiger charge is 2.36. The SMILES string of the molecule is Cc1noc(C)c1S(=O)(=O)N1CCCC(C(=O)Nc2cc(F)c(N(C)C)c(F)c2)C1. The Bertz CT molecular complexity index is 1030. The zero-order valence-corrected chi connectivity index (χ0v) is 18.0. The van der Waals surface area contributed by atoms with Crippen molar-refractivity contribution in [3.05, 3.63) is 35.2 Å². The third-order valence-corrected chi connectivity index (χ3v) is 7.16. The number of rotatable bonds is 5. The maximum atomic E-state index is 14.2. The van der Waals surface area contributed by atoms with E-state index >= 15 is 0 Å². The molecule has 8 nitrogen and oxygen atoms in total. The molecule has 1 aliphatic rings. The third kappa shape index (κ3) is 4.17. The summed E-state index contributed by atoms with van der Waals surface area (Å²) < 4.78 is 60.5. The summed E-state index contributed by atoms with van der Waals surface area (Å²) in [6.45, 7) is 3.27. The maximum absolute atomic E-state index is 14.2. The van der Waals surface area contributed by atoms with Crippen molar-refractivity contribution >= 4 is 27.3 Å². The molecule has 1 unspecified atom stereocenters. The molecule has 3 rings (SSSR count). The van der Waals surface area contributed by atoms with Crippen molar-refractivity contribution in [2.24, 2.45) is 5.92 Å². The van der Waals surface area contributed by atoms with Crippen LogP contribution in [0.3, 0.4) is 0 Å². The Morgan fingerprint density at radius 2 is 1.90 bits per heavy atom. The lowest BCUT2D eigenvalue weighted by molar-refractivity contribution is -0.120. The fraction of sp³-hybridized carbons (Fsp3) is 0.474. The van der Waals surface area contributed by atoms with Crippen molar-refractivity contribution in [2.45, 2.75) is 31.6 Å². The van der Waals surface area contributed by atoms with Gasteiger partial charge >= 0.3 is 0 Å². The highest BCUT2D eigenvalue weighted by atomic mass is 32.2. The van der Waals surface area contributed by atoms with Crippen LogP contribution in [0.1, 0.15) is 24.3 Å². The van der Waals surface area contributed by atoms with Gasteiger partial charge in [0.2, 0.25) is 15.9 Å². The van der Waals surface area contributed by atoms with Gasteiger partial charge < -0.3 is 14.7 Å². The number of hydrogen-bond donors (Lipinski definition) is 1. The first-order valence-electron chi connectivity index (χ1n) is 9.42. The number of aromatic nitrogens is 1. The second kappa shape index (κ2) is 8.31. The number of carbonyl (C=O) groups excluding carboxylic acids is 1. The number of benzene rings is 1. The third-order valence-electron chi connectivity index (χ3n) is 5.05. The van der Waals surface area contributed by atoms with Crippen LogP contribution in [0.15, 0.2) is 21.6 Å². The van der Waals surface area contributed by atoms with Crippen molar-refractivity contribution in [1.29, 1.82) is 0 Å². The van der Waals surface area contributed by atoms with E-state index in [0.29, 0.717) is 12.8 Å². The molecule has 11 heteroatoms. The highest BCUT2D eigenvalue weighted by molar-refractivity contribution is 7.89. The van der Waals surface area contributed by atoms with E-state index in [2.05, 4.69) is 10.5 Å². The standard InChI is InChI=1S/C19H24F2N4O4S/c1-11-18(12(2)29-23-11)30(27,28)25-7-5-6-13(10-25)19(26)22-14-8-15(20)17(24(3)4)16(21)9-14/h8-9,13H,5-7,10H2,1-4H3,(H,22,26). The van der Waals surface area contributed by atoms with Crippen LogP contribution < -0.4 is 10.2 Å². The number of halogens is 2. The summed E-state index contributed by atoms with van der Waals surface area (Å²) in [5, 5.41) is 6.19. The molecule has 1 saturated heterocycles. The number of sulfonamides is 1. The Balaban J connectivity index is 1.77. The van der Waals surface area contributed by atoms with Gasteiger partial charge in [-0.05, 0) is 38.8 Å². The van der Waals surface area contributed by atoms with Crippen LogP contribution in [-0.4, -0.2) is 51.0 Å².